The minimum Gasteiger partial charge on any atom is -0.465 e. The number of hydrogen-bond donors (Lipinski definition) is 0. The predicted molar refractivity (Wildman–Crippen MR) is 119 cm³/mol. The third kappa shape index (κ3) is 10.5. The molecule has 32 heavy (non-hydrogen) atoms. The van der Waals surface area contributed by atoms with Gasteiger partial charge in [0.15, 0.2) is 0 Å². The summed E-state index contributed by atoms with van der Waals surface area (Å²) in [5.41, 5.74) is 1.10. The van der Waals surface area contributed by atoms with Crippen molar-refractivity contribution < 1.29 is 27.8 Å². The molecular weight excluding hydrogens is 414 g/mol. The predicted octanol–water partition coefficient (Wildman–Crippen LogP) is 5.96. The molecule has 0 aromatic heterocycles. The van der Waals surface area contributed by atoms with Crippen molar-refractivity contribution in [1.29, 1.82) is 0 Å². The van der Waals surface area contributed by atoms with Crippen LogP contribution in [0, 0.1) is 11.6 Å². The Labute approximate surface area is 188 Å². The van der Waals surface area contributed by atoms with Crippen LogP contribution < -0.4 is 0 Å². The third-order valence-electron chi connectivity index (χ3n) is 5.20. The van der Waals surface area contributed by atoms with E-state index in [0.29, 0.717) is 36.8 Å². The molecule has 2 rings (SSSR count). The summed E-state index contributed by atoms with van der Waals surface area (Å²) in [6.45, 7) is 0.381. The molecule has 0 aliphatic rings. The zero-order valence-electron chi connectivity index (χ0n) is 18.5. The van der Waals surface area contributed by atoms with Gasteiger partial charge in [-0.05, 0) is 36.1 Å². The van der Waals surface area contributed by atoms with Gasteiger partial charge in [0.1, 0.15) is 11.6 Å². The zero-order chi connectivity index (χ0) is 23.0. The van der Waals surface area contributed by atoms with Gasteiger partial charge in [0, 0.05) is 25.7 Å². The molecule has 0 saturated carbocycles. The van der Waals surface area contributed by atoms with Crippen molar-refractivity contribution in [1.82, 2.24) is 0 Å². The van der Waals surface area contributed by atoms with Crippen molar-refractivity contribution in [2.45, 2.75) is 64.2 Å². The van der Waals surface area contributed by atoms with Crippen LogP contribution in [0.25, 0.3) is 0 Å². The van der Waals surface area contributed by atoms with Gasteiger partial charge in [-0.2, -0.15) is 0 Å². The molecule has 2 aromatic rings. The molecule has 4 nitrogen and oxygen atoms in total. The first-order chi connectivity index (χ1) is 15.6. The van der Waals surface area contributed by atoms with Crippen LogP contribution in [0.3, 0.4) is 0 Å². The number of unbranched alkanes of at least 4 members (excludes halogenated alkanes) is 5. The Bertz CT molecular complexity index is 769. The summed E-state index contributed by atoms with van der Waals surface area (Å²) in [4.78, 5) is 23.5. The normalized spacial score (nSPS) is 10.7. The highest BCUT2D eigenvalue weighted by molar-refractivity contribution is 5.69. The molecule has 0 fully saturated rings. The molecular formula is C26H32F2O4. The topological polar surface area (TPSA) is 52.6 Å². The standard InChI is InChI=1S/C26H32F2O4/c27-23-13-9-7-11-21(23)17-19-31-25(29)15-5-3-1-2-4-6-16-26(30)32-20-18-22-12-8-10-14-24(22)28/h7-14H,1-6,15-20H2. The molecule has 174 valence electrons. The molecule has 0 atom stereocenters. The average molecular weight is 447 g/mol. The van der Waals surface area contributed by atoms with Gasteiger partial charge in [0.05, 0.1) is 13.2 Å². The van der Waals surface area contributed by atoms with E-state index in [1.807, 2.05) is 0 Å². The van der Waals surface area contributed by atoms with E-state index in [0.717, 1.165) is 38.5 Å². The molecule has 0 saturated heterocycles. The van der Waals surface area contributed by atoms with Gasteiger partial charge in [-0.15, -0.1) is 0 Å². The van der Waals surface area contributed by atoms with Gasteiger partial charge in [0.25, 0.3) is 0 Å². The first-order valence-electron chi connectivity index (χ1n) is 11.3. The molecule has 0 N–H and O–H groups in total. The van der Waals surface area contributed by atoms with E-state index >= 15 is 0 Å². The van der Waals surface area contributed by atoms with E-state index in [1.54, 1.807) is 36.4 Å². The molecule has 6 heteroatoms. The molecule has 0 radical (unpaired) electrons. The van der Waals surface area contributed by atoms with Crippen LogP contribution in [0.1, 0.15) is 62.5 Å². The molecule has 0 amide bonds. The molecule has 0 aliphatic heterocycles. The third-order valence-corrected chi connectivity index (χ3v) is 5.20. The lowest BCUT2D eigenvalue weighted by atomic mass is 10.1. The van der Waals surface area contributed by atoms with Gasteiger partial charge in [0.2, 0.25) is 0 Å². The Morgan fingerprint density at radius 2 is 0.969 bits per heavy atom. The average Bonchev–Trinajstić information content (AvgIpc) is 2.78. The Morgan fingerprint density at radius 1 is 0.594 bits per heavy atom. The van der Waals surface area contributed by atoms with E-state index < -0.39 is 0 Å². The Kier molecular flexibility index (Phi) is 12.0. The summed E-state index contributed by atoms with van der Waals surface area (Å²) in [5, 5.41) is 0. The van der Waals surface area contributed by atoms with Crippen molar-refractivity contribution in [2.75, 3.05) is 13.2 Å². The maximum absolute atomic E-state index is 13.5. The highest BCUT2D eigenvalue weighted by Crippen LogP contribution is 2.11. The number of ether oxygens (including phenoxy) is 2. The number of hydrogen-bond acceptors (Lipinski definition) is 4. The van der Waals surface area contributed by atoms with E-state index in [4.69, 9.17) is 9.47 Å². The molecule has 0 spiro atoms. The Balaban J connectivity index is 1.39. The minimum absolute atomic E-state index is 0.191. The van der Waals surface area contributed by atoms with Gasteiger partial charge < -0.3 is 9.47 Å². The fourth-order valence-electron chi connectivity index (χ4n) is 3.34. The number of carbonyl (C=O) groups excluding carboxylic acids is 2. The van der Waals surface area contributed by atoms with Crippen molar-refractivity contribution in [2.24, 2.45) is 0 Å². The van der Waals surface area contributed by atoms with Crippen molar-refractivity contribution in [3.05, 3.63) is 71.3 Å². The monoisotopic (exact) mass is 446 g/mol. The lowest BCUT2D eigenvalue weighted by Crippen LogP contribution is -2.08. The molecule has 0 bridgehead atoms. The van der Waals surface area contributed by atoms with Crippen LogP contribution in [-0.2, 0) is 31.9 Å². The number of benzene rings is 2. The van der Waals surface area contributed by atoms with E-state index in [-0.39, 0.29) is 36.8 Å². The maximum atomic E-state index is 13.5. The van der Waals surface area contributed by atoms with E-state index in [2.05, 4.69) is 0 Å². The number of rotatable bonds is 15. The summed E-state index contributed by atoms with van der Waals surface area (Å²) in [7, 11) is 0. The smallest absolute Gasteiger partial charge is 0.305 e. The highest BCUT2D eigenvalue weighted by Gasteiger charge is 2.07. The molecule has 2 aromatic carbocycles. The van der Waals surface area contributed by atoms with Gasteiger partial charge in [-0.1, -0.05) is 62.1 Å². The van der Waals surface area contributed by atoms with E-state index in [1.165, 1.54) is 12.1 Å². The summed E-state index contributed by atoms with van der Waals surface area (Å²) in [6.07, 6.45) is 6.85. The summed E-state index contributed by atoms with van der Waals surface area (Å²) in [5.74, 6) is -1.06. The van der Waals surface area contributed by atoms with Crippen molar-refractivity contribution >= 4 is 11.9 Å². The maximum Gasteiger partial charge on any atom is 0.305 e. The summed E-state index contributed by atoms with van der Waals surface area (Å²) >= 11 is 0. The quantitative estimate of drug-likeness (QED) is 0.250. The lowest BCUT2D eigenvalue weighted by molar-refractivity contribution is -0.144. The second-order valence-electron chi connectivity index (χ2n) is 7.75. The van der Waals surface area contributed by atoms with E-state index in [9.17, 15) is 18.4 Å². The fourth-order valence-corrected chi connectivity index (χ4v) is 3.34. The first kappa shape index (κ1) is 25.5. The number of carbonyl (C=O) groups is 2. The second-order valence-corrected chi connectivity index (χ2v) is 7.75. The number of halogens is 2. The molecule has 0 heterocycles. The van der Waals surface area contributed by atoms with Crippen LogP contribution in [0.5, 0.6) is 0 Å². The first-order valence-corrected chi connectivity index (χ1v) is 11.3. The van der Waals surface area contributed by atoms with Crippen LogP contribution in [0.2, 0.25) is 0 Å². The van der Waals surface area contributed by atoms with Crippen LogP contribution in [-0.4, -0.2) is 25.2 Å². The minimum atomic E-state index is -0.278. The van der Waals surface area contributed by atoms with Crippen LogP contribution >= 0.6 is 0 Å². The zero-order valence-corrected chi connectivity index (χ0v) is 18.5. The lowest BCUT2D eigenvalue weighted by Gasteiger charge is -2.06. The molecule has 0 aliphatic carbocycles. The van der Waals surface area contributed by atoms with Crippen molar-refractivity contribution in [3.63, 3.8) is 0 Å². The molecule has 0 unspecified atom stereocenters. The Morgan fingerprint density at radius 3 is 1.38 bits per heavy atom. The SMILES string of the molecule is O=C(CCCCCCCCC(=O)OCCc1ccccc1F)OCCc1ccccc1F. The Hall–Kier alpha value is -2.76. The largest absolute Gasteiger partial charge is 0.465 e. The van der Waals surface area contributed by atoms with Gasteiger partial charge in [-0.3, -0.25) is 9.59 Å². The second kappa shape index (κ2) is 15.1. The summed E-state index contributed by atoms with van der Waals surface area (Å²) < 4.78 is 37.3. The van der Waals surface area contributed by atoms with Gasteiger partial charge in [-0.25, -0.2) is 8.78 Å². The number of esters is 2. The fraction of sp³-hybridized carbons (Fsp3) is 0.462. The van der Waals surface area contributed by atoms with Crippen LogP contribution in [0.15, 0.2) is 48.5 Å². The summed E-state index contributed by atoms with van der Waals surface area (Å²) in [6, 6.07) is 13.0. The van der Waals surface area contributed by atoms with Gasteiger partial charge >= 0.3 is 11.9 Å². The van der Waals surface area contributed by atoms with Crippen molar-refractivity contribution in [3.8, 4) is 0 Å². The highest BCUT2D eigenvalue weighted by atomic mass is 19.1. The van der Waals surface area contributed by atoms with Crippen LogP contribution in [0.4, 0.5) is 8.78 Å².